The summed E-state index contributed by atoms with van der Waals surface area (Å²) in [6.07, 6.45) is 23.7. The minimum Gasteiger partial charge on any atom is -0.264 e. The molecule has 396 valence electrons. The van der Waals surface area contributed by atoms with Crippen molar-refractivity contribution in [2.75, 3.05) is 0 Å². The van der Waals surface area contributed by atoms with E-state index in [0.717, 1.165) is 21.6 Å². The van der Waals surface area contributed by atoms with Crippen LogP contribution >= 0.6 is 22.7 Å². The maximum atomic E-state index is 4.32. The summed E-state index contributed by atoms with van der Waals surface area (Å²) in [6, 6.07) is 29.0. The van der Waals surface area contributed by atoms with Gasteiger partial charge >= 0.3 is 0 Å². The lowest BCUT2D eigenvalue weighted by atomic mass is 9.99. The van der Waals surface area contributed by atoms with Gasteiger partial charge < -0.3 is 0 Å². The molecule has 1 aromatic carbocycles. The van der Waals surface area contributed by atoms with E-state index in [1.807, 2.05) is 78.4 Å². The lowest BCUT2D eigenvalue weighted by Gasteiger charge is -2.08. The van der Waals surface area contributed by atoms with Crippen LogP contribution in [0.15, 0.2) is 176 Å². The van der Waals surface area contributed by atoms with E-state index in [1.165, 1.54) is 54.4 Å². The first-order chi connectivity index (χ1) is 36.6. The van der Waals surface area contributed by atoms with E-state index in [4.69, 9.17) is 0 Å². The fraction of sp³-hybridized carbons (Fsp3) is 0.328. The molecule has 0 unspecified atom stereocenters. The molecule has 0 aliphatic rings. The van der Waals surface area contributed by atoms with Crippen LogP contribution in [0.1, 0.15) is 177 Å². The summed E-state index contributed by atoms with van der Waals surface area (Å²) in [5, 5.41) is 11.1. The Morgan fingerprint density at radius 3 is 1.55 bits per heavy atom. The highest BCUT2D eigenvalue weighted by molar-refractivity contribution is 7.17. The SMILES string of the molecule is CC(C)c1cccnc1.CC(C)c1ccnc2ccccc12.CC(C)c1ccnc2ccsc12.CC(C)c1ccnc2sccc12.CC(C)c1cnccn1.CC(C)c1cncnc1.CC(C)c1cnn2ccccc12. The molecule has 12 heteroatoms. The van der Waals surface area contributed by atoms with Crippen LogP contribution < -0.4 is 0 Å². The standard InChI is InChI=1S/C12H13N.C10H12N2.2C10H11NS.C8H11N.2C7H10N2/c1-9(2)10-7-8-13-12-6-4-3-5-11(10)12;1-8(2)9-7-11-12-6-4-3-5-10(9)12;1-7(2)8-3-5-11-9-4-6-12-10(8)9;1-7(2)8-3-5-11-10-9(8)4-6-12-10;1-7(2)8-4-3-5-9-6-8;1-6(2)7-3-8-5-9-4-7;1-6(2)7-5-8-3-4-9-7/h3-9H,1-2H3;3-8H,1-2H3;2*3-7H,1-2H3;3-7H,1-2H3;2*3-6H,1-2H3. The zero-order valence-corrected chi connectivity index (χ0v) is 48.7. The quantitative estimate of drug-likeness (QED) is 0.154. The second-order valence-electron chi connectivity index (χ2n) is 20.3. The molecule has 0 fully saturated rings. The van der Waals surface area contributed by atoms with Crippen LogP contribution in [0.3, 0.4) is 0 Å². The van der Waals surface area contributed by atoms with Gasteiger partial charge in [0.15, 0.2) is 0 Å². The topological polar surface area (TPSA) is 120 Å². The van der Waals surface area contributed by atoms with Crippen molar-refractivity contribution in [3.8, 4) is 0 Å². The third kappa shape index (κ3) is 18.3. The smallest absolute Gasteiger partial charge is 0.123 e. The molecule has 10 nitrogen and oxygen atoms in total. The van der Waals surface area contributed by atoms with Gasteiger partial charge in [0.2, 0.25) is 0 Å². The number of fused-ring (bicyclic) bond motifs is 4. The van der Waals surface area contributed by atoms with Gasteiger partial charge in [-0.25, -0.2) is 19.5 Å². The Labute approximate surface area is 460 Å². The number of aromatic nitrogens is 10. The van der Waals surface area contributed by atoms with E-state index in [0.29, 0.717) is 41.4 Å². The highest BCUT2D eigenvalue weighted by atomic mass is 32.1. The zero-order valence-electron chi connectivity index (χ0n) is 47.1. The van der Waals surface area contributed by atoms with Crippen LogP contribution in [0.5, 0.6) is 0 Å². The molecule has 10 heterocycles. The predicted octanol–water partition coefficient (Wildman–Crippen LogP) is 18.1. The molecule has 0 saturated carbocycles. The van der Waals surface area contributed by atoms with Crippen LogP contribution in [-0.2, 0) is 0 Å². The number of nitrogens with zero attached hydrogens (tertiary/aromatic N) is 10. The molecular formula is C64H78N10S2. The third-order valence-electron chi connectivity index (χ3n) is 12.2. The first-order valence-electron chi connectivity index (χ1n) is 26.4. The number of rotatable bonds is 7. The average molecular weight is 1050 g/mol. The second-order valence-corrected chi connectivity index (χ2v) is 22.1. The molecule has 0 amide bonds. The molecule has 0 radical (unpaired) electrons. The molecule has 11 aromatic rings. The maximum absolute atomic E-state index is 4.32. The van der Waals surface area contributed by atoms with Crippen LogP contribution in [0.2, 0.25) is 0 Å². The van der Waals surface area contributed by atoms with Gasteiger partial charge in [-0.2, -0.15) is 5.10 Å². The molecule has 0 atom stereocenters. The number of benzene rings is 1. The third-order valence-corrected chi connectivity index (χ3v) is 13.9. The minimum absolute atomic E-state index is 0.485. The van der Waals surface area contributed by atoms with Gasteiger partial charge in [0.1, 0.15) is 11.2 Å². The van der Waals surface area contributed by atoms with Crippen molar-refractivity contribution in [1.29, 1.82) is 0 Å². The lowest BCUT2D eigenvalue weighted by molar-refractivity contribution is 0.812. The molecule has 0 spiro atoms. The predicted molar refractivity (Wildman–Crippen MR) is 323 cm³/mol. The van der Waals surface area contributed by atoms with Gasteiger partial charge in [-0.3, -0.25) is 24.9 Å². The van der Waals surface area contributed by atoms with E-state index in [1.54, 1.807) is 53.8 Å². The van der Waals surface area contributed by atoms with Gasteiger partial charge in [-0.15, -0.1) is 22.7 Å². The largest absolute Gasteiger partial charge is 0.264 e. The van der Waals surface area contributed by atoms with Crippen molar-refractivity contribution in [1.82, 2.24) is 49.5 Å². The molecule has 0 N–H and O–H groups in total. The minimum atomic E-state index is 0.485. The average Bonchev–Trinajstić information content (AvgIpc) is 4.24. The van der Waals surface area contributed by atoms with Gasteiger partial charge in [0, 0.05) is 84.5 Å². The van der Waals surface area contributed by atoms with Crippen molar-refractivity contribution in [2.24, 2.45) is 0 Å². The normalized spacial score (nSPS) is 10.8. The fourth-order valence-corrected chi connectivity index (χ4v) is 9.49. The first kappa shape index (κ1) is 59.7. The molecule has 0 bridgehead atoms. The maximum Gasteiger partial charge on any atom is 0.123 e. The van der Waals surface area contributed by atoms with Crippen LogP contribution in [0, 0.1) is 0 Å². The number of hydrogen-bond donors (Lipinski definition) is 0. The Morgan fingerprint density at radius 1 is 0.382 bits per heavy atom. The molecule has 0 saturated heterocycles. The molecule has 0 aliphatic carbocycles. The van der Waals surface area contributed by atoms with Crippen molar-refractivity contribution >= 4 is 59.5 Å². The van der Waals surface area contributed by atoms with Crippen LogP contribution in [0.4, 0.5) is 0 Å². The van der Waals surface area contributed by atoms with Gasteiger partial charge in [-0.1, -0.05) is 127 Å². The van der Waals surface area contributed by atoms with E-state index < -0.39 is 0 Å². The Hall–Kier alpha value is -7.15. The molecule has 76 heavy (non-hydrogen) atoms. The summed E-state index contributed by atoms with van der Waals surface area (Å²) in [5.74, 6) is 3.90. The van der Waals surface area contributed by atoms with Crippen molar-refractivity contribution in [2.45, 2.75) is 138 Å². The summed E-state index contributed by atoms with van der Waals surface area (Å²) in [7, 11) is 0. The second kappa shape index (κ2) is 31.0. The highest BCUT2D eigenvalue weighted by Gasteiger charge is 2.08. The van der Waals surface area contributed by atoms with E-state index in [9.17, 15) is 0 Å². The summed E-state index contributed by atoms with van der Waals surface area (Å²) in [4.78, 5) is 33.9. The van der Waals surface area contributed by atoms with Gasteiger partial charge in [-0.05, 0) is 135 Å². The Morgan fingerprint density at radius 2 is 0.974 bits per heavy atom. The van der Waals surface area contributed by atoms with Gasteiger partial charge in [0.05, 0.1) is 33.1 Å². The van der Waals surface area contributed by atoms with Gasteiger partial charge in [0.25, 0.3) is 0 Å². The van der Waals surface area contributed by atoms with E-state index in [2.05, 4.69) is 213 Å². The number of hydrogen-bond acceptors (Lipinski definition) is 11. The van der Waals surface area contributed by atoms with Crippen molar-refractivity contribution in [3.05, 3.63) is 215 Å². The highest BCUT2D eigenvalue weighted by Crippen LogP contribution is 2.29. The summed E-state index contributed by atoms with van der Waals surface area (Å²) in [5.41, 5.74) is 12.5. The Balaban J connectivity index is 0.000000165. The first-order valence-corrected chi connectivity index (χ1v) is 28.1. The summed E-state index contributed by atoms with van der Waals surface area (Å²) >= 11 is 3.49. The zero-order chi connectivity index (χ0) is 55.0. The number of thiophene rings is 2. The van der Waals surface area contributed by atoms with E-state index in [-0.39, 0.29) is 0 Å². The van der Waals surface area contributed by atoms with Crippen molar-refractivity contribution in [3.63, 3.8) is 0 Å². The summed E-state index contributed by atoms with van der Waals surface area (Å²) in [6.45, 7) is 30.4. The van der Waals surface area contributed by atoms with Crippen LogP contribution in [0.25, 0.3) is 36.9 Å². The summed E-state index contributed by atoms with van der Waals surface area (Å²) < 4.78 is 3.25. The molecule has 11 rings (SSSR count). The monoisotopic (exact) mass is 1050 g/mol. The Kier molecular flexibility index (Phi) is 24.4. The number of para-hydroxylation sites is 1. The molecular weight excluding hydrogens is 973 g/mol. The Bertz CT molecular complexity index is 3130. The fourth-order valence-electron chi connectivity index (χ4n) is 7.70. The van der Waals surface area contributed by atoms with Crippen molar-refractivity contribution < 1.29 is 0 Å². The lowest BCUT2D eigenvalue weighted by Crippen LogP contribution is -1.91. The van der Waals surface area contributed by atoms with E-state index >= 15 is 0 Å². The molecule has 0 aliphatic heterocycles. The molecule has 10 aromatic heterocycles. The van der Waals surface area contributed by atoms with Crippen LogP contribution in [-0.4, -0.2) is 49.5 Å². The number of pyridine rings is 5.